The molecule has 0 aliphatic rings. The third kappa shape index (κ3) is 7.85. The Morgan fingerprint density at radius 1 is 1.03 bits per heavy atom. The summed E-state index contributed by atoms with van der Waals surface area (Å²) in [6, 6.07) is 10.8. The highest BCUT2D eigenvalue weighted by Gasteiger charge is 2.07. The van der Waals surface area contributed by atoms with Crippen molar-refractivity contribution in [2.75, 3.05) is 19.3 Å². The fourth-order valence-corrected chi connectivity index (χ4v) is 3.51. The first-order valence-electron chi connectivity index (χ1n) is 9.31. The predicted molar refractivity (Wildman–Crippen MR) is 129 cm³/mol. The van der Waals surface area contributed by atoms with Gasteiger partial charge in [0.15, 0.2) is 15.8 Å². The standard InChI is InChI=1S/C21H29N3O3S.HI/c1-5-22-21(24-14-18-12-15(2)20(25)16(3)13-18)23-11-10-17-6-8-19(9-7-17)28(4,26)27;/h6-9,12-13,25H,5,10-11,14H2,1-4H3,(H2,22,23,24);1H. The van der Waals surface area contributed by atoms with Crippen molar-refractivity contribution in [2.45, 2.75) is 38.6 Å². The average Bonchev–Trinajstić information content (AvgIpc) is 2.63. The molecule has 2 aromatic rings. The van der Waals surface area contributed by atoms with Crippen LogP contribution in [0.1, 0.15) is 29.2 Å². The Morgan fingerprint density at radius 2 is 1.62 bits per heavy atom. The maximum atomic E-state index is 11.5. The smallest absolute Gasteiger partial charge is 0.191 e. The van der Waals surface area contributed by atoms with E-state index < -0.39 is 9.84 Å². The third-order valence-electron chi connectivity index (χ3n) is 4.37. The van der Waals surface area contributed by atoms with Crippen molar-refractivity contribution in [3.63, 3.8) is 0 Å². The largest absolute Gasteiger partial charge is 0.507 e. The number of hydrogen-bond donors (Lipinski definition) is 3. The highest BCUT2D eigenvalue weighted by molar-refractivity contribution is 14.0. The normalized spacial score (nSPS) is 11.7. The number of sulfone groups is 1. The molecule has 0 atom stereocenters. The molecule has 2 rings (SSSR count). The topological polar surface area (TPSA) is 90.8 Å². The first-order chi connectivity index (χ1) is 13.2. The Hall–Kier alpha value is -1.81. The maximum Gasteiger partial charge on any atom is 0.191 e. The Bertz CT molecular complexity index is 919. The van der Waals surface area contributed by atoms with Crippen LogP contribution in [-0.2, 0) is 22.8 Å². The van der Waals surface area contributed by atoms with Crippen LogP contribution in [0.5, 0.6) is 5.75 Å². The van der Waals surface area contributed by atoms with E-state index >= 15 is 0 Å². The molecule has 0 saturated heterocycles. The number of phenolic OH excluding ortho intramolecular Hbond substituents is 1. The summed E-state index contributed by atoms with van der Waals surface area (Å²) < 4.78 is 23.0. The molecule has 160 valence electrons. The zero-order valence-corrected chi connectivity index (χ0v) is 20.5. The first-order valence-corrected chi connectivity index (χ1v) is 11.2. The van der Waals surface area contributed by atoms with Gasteiger partial charge in [0.05, 0.1) is 11.4 Å². The van der Waals surface area contributed by atoms with Crippen LogP contribution in [0.4, 0.5) is 0 Å². The van der Waals surface area contributed by atoms with E-state index in [0.29, 0.717) is 23.7 Å². The molecular formula is C21H30IN3O3S. The number of guanidine groups is 1. The minimum absolute atomic E-state index is 0. The average molecular weight is 531 g/mol. The van der Waals surface area contributed by atoms with E-state index in [1.807, 2.05) is 45.0 Å². The highest BCUT2D eigenvalue weighted by atomic mass is 127. The molecule has 6 nitrogen and oxygen atoms in total. The number of benzene rings is 2. The highest BCUT2D eigenvalue weighted by Crippen LogP contribution is 2.23. The van der Waals surface area contributed by atoms with E-state index in [9.17, 15) is 13.5 Å². The Labute approximate surface area is 190 Å². The summed E-state index contributed by atoms with van der Waals surface area (Å²) in [6.07, 6.45) is 1.96. The molecule has 0 amide bonds. The van der Waals surface area contributed by atoms with Crippen LogP contribution >= 0.6 is 24.0 Å². The lowest BCUT2D eigenvalue weighted by Crippen LogP contribution is -2.38. The van der Waals surface area contributed by atoms with Gasteiger partial charge in [0.2, 0.25) is 0 Å². The molecular weight excluding hydrogens is 501 g/mol. The molecule has 0 aromatic heterocycles. The number of aromatic hydroxyl groups is 1. The number of nitrogens with one attached hydrogen (secondary N) is 2. The van der Waals surface area contributed by atoms with E-state index in [4.69, 9.17) is 0 Å². The predicted octanol–water partition coefficient (Wildman–Crippen LogP) is 3.33. The fraction of sp³-hybridized carbons (Fsp3) is 0.381. The van der Waals surface area contributed by atoms with Crippen molar-refractivity contribution >= 4 is 39.8 Å². The molecule has 0 saturated carbocycles. The summed E-state index contributed by atoms with van der Waals surface area (Å²) in [5.74, 6) is 1.05. The minimum atomic E-state index is -3.16. The van der Waals surface area contributed by atoms with Gasteiger partial charge in [-0.1, -0.05) is 24.3 Å². The van der Waals surface area contributed by atoms with E-state index in [0.717, 1.165) is 41.2 Å². The van der Waals surface area contributed by atoms with Gasteiger partial charge in [-0.3, -0.25) is 0 Å². The SMILES string of the molecule is CCNC(=NCc1cc(C)c(O)c(C)c1)NCCc1ccc(S(C)(=O)=O)cc1.I. The molecule has 0 unspecified atom stereocenters. The van der Waals surface area contributed by atoms with E-state index in [1.54, 1.807) is 12.1 Å². The van der Waals surface area contributed by atoms with Crippen molar-refractivity contribution in [3.8, 4) is 5.75 Å². The van der Waals surface area contributed by atoms with E-state index in [-0.39, 0.29) is 24.0 Å². The number of aryl methyl sites for hydroxylation is 2. The van der Waals surface area contributed by atoms with Gasteiger partial charge in [0.25, 0.3) is 0 Å². The van der Waals surface area contributed by atoms with Gasteiger partial charge in [-0.2, -0.15) is 0 Å². The van der Waals surface area contributed by atoms with Crippen LogP contribution in [0.15, 0.2) is 46.3 Å². The molecule has 0 aliphatic heterocycles. The Kier molecular flexibility index (Phi) is 9.91. The third-order valence-corrected chi connectivity index (χ3v) is 5.50. The maximum absolute atomic E-state index is 11.5. The van der Waals surface area contributed by atoms with Crippen LogP contribution in [-0.4, -0.2) is 38.8 Å². The molecule has 0 fully saturated rings. The van der Waals surface area contributed by atoms with Crippen LogP contribution in [0.2, 0.25) is 0 Å². The monoisotopic (exact) mass is 531 g/mol. The second-order valence-electron chi connectivity index (χ2n) is 6.87. The van der Waals surface area contributed by atoms with Crippen molar-refractivity contribution < 1.29 is 13.5 Å². The van der Waals surface area contributed by atoms with Crippen LogP contribution < -0.4 is 10.6 Å². The number of aliphatic imine (C=N–C) groups is 1. The Balaban J connectivity index is 0.00000420. The second-order valence-corrected chi connectivity index (χ2v) is 8.88. The number of phenols is 1. The van der Waals surface area contributed by atoms with Crippen molar-refractivity contribution in [3.05, 3.63) is 58.7 Å². The summed E-state index contributed by atoms with van der Waals surface area (Å²) in [7, 11) is -3.16. The Morgan fingerprint density at radius 3 is 2.14 bits per heavy atom. The van der Waals surface area contributed by atoms with E-state index in [2.05, 4.69) is 15.6 Å². The van der Waals surface area contributed by atoms with E-state index in [1.165, 1.54) is 6.26 Å². The van der Waals surface area contributed by atoms with Crippen LogP contribution in [0.3, 0.4) is 0 Å². The second kappa shape index (κ2) is 11.4. The van der Waals surface area contributed by atoms with Crippen molar-refractivity contribution in [1.82, 2.24) is 10.6 Å². The van der Waals surface area contributed by atoms with Crippen LogP contribution in [0, 0.1) is 13.8 Å². The lowest BCUT2D eigenvalue weighted by atomic mass is 10.1. The van der Waals surface area contributed by atoms with Gasteiger partial charge < -0.3 is 15.7 Å². The molecule has 0 bridgehead atoms. The lowest BCUT2D eigenvalue weighted by Gasteiger charge is -2.12. The molecule has 29 heavy (non-hydrogen) atoms. The van der Waals surface area contributed by atoms with Gasteiger partial charge >= 0.3 is 0 Å². The zero-order valence-electron chi connectivity index (χ0n) is 17.3. The quantitative estimate of drug-likeness (QED) is 0.290. The summed E-state index contributed by atoms with van der Waals surface area (Å²) in [4.78, 5) is 4.94. The molecule has 0 heterocycles. The van der Waals surface area contributed by atoms with Crippen LogP contribution in [0.25, 0.3) is 0 Å². The molecule has 2 aromatic carbocycles. The molecule has 0 spiro atoms. The van der Waals surface area contributed by atoms with Gasteiger partial charge in [-0.05, 0) is 61.6 Å². The van der Waals surface area contributed by atoms with Gasteiger partial charge in [-0.25, -0.2) is 13.4 Å². The fourth-order valence-electron chi connectivity index (χ4n) is 2.88. The summed E-state index contributed by atoms with van der Waals surface area (Å²) in [5.41, 5.74) is 3.79. The lowest BCUT2D eigenvalue weighted by molar-refractivity contribution is 0.466. The number of rotatable bonds is 7. The number of nitrogens with zero attached hydrogens (tertiary/aromatic N) is 1. The summed E-state index contributed by atoms with van der Waals surface area (Å²) >= 11 is 0. The van der Waals surface area contributed by atoms with Crippen molar-refractivity contribution in [2.24, 2.45) is 4.99 Å². The zero-order chi connectivity index (χ0) is 20.7. The molecule has 3 N–H and O–H groups in total. The minimum Gasteiger partial charge on any atom is -0.507 e. The molecule has 0 radical (unpaired) electrons. The van der Waals surface area contributed by atoms with Gasteiger partial charge in [0, 0.05) is 19.3 Å². The summed E-state index contributed by atoms with van der Waals surface area (Å²) in [5, 5.41) is 16.4. The summed E-state index contributed by atoms with van der Waals surface area (Å²) in [6.45, 7) is 7.72. The first kappa shape index (κ1) is 25.2. The number of hydrogen-bond acceptors (Lipinski definition) is 4. The van der Waals surface area contributed by atoms with Crippen molar-refractivity contribution in [1.29, 1.82) is 0 Å². The van der Waals surface area contributed by atoms with Gasteiger partial charge in [0.1, 0.15) is 5.75 Å². The molecule has 8 heteroatoms. The number of halogens is 1. The molecule has 0 aliphatic carbocycles. The van der Waals surface area contributed by atoms with Gasteiger partial charge in [-0.15, -0.1) is 24.0 Å².